The molecule has 0 radical (unpaired) electrons. The monoisotopic (exact) mass is 385 g/mol. The fourth-order valence-corrected chi connectivity index (χ4v) is 1.99. The van der Waals surface area contributed by atoms with Gasteiger partial charge in [-0.25, -0.2) is 0 Å². The Kier molecular flexibility index (Phi) is 4.78. The van der Waals surface area contributed by atoms with Crippen LogP contribution in [0, 0.1) is 13.7 Å². The fourth-order valence-electron chi connectivity index (χ4n) is 1.63. The lowest BCUT2D eigenvalue weighted by Crippen LogP contribution is -1.99. The van der Waals surface area contributed by atoms with Crippen LogP contribution in [-0.2, 0) is 6.61 Å². The molecule has 2 rings (SSSR count). The summed E-state index contributed by atoms with van der Waals surface area (Å²) in [5.41, 5.74) is 0.874. The molecule has 0 aromatic heterocycles. The molecule has 5 nitrogen and oxygen atoms in total. The molecular formula is C14H12INO4. The Morgan fingerprint density at radius 3 is 2.50 bits per heavy atom. The van der Waals surface area contributed by atoms with Gasteiger partial charge in [0.25, 0.3) is 0 Å². The second-order valence-corrected chi connectivity index (χ2v) is 5.25. The van der Waals surface area contributed by atoms with Crippen LogP contribution in [0.5, 0.6) is 11.5 Å². The van der Waals surface area contributed by atoms with Crippen LogP contribution in [0.15, 0.2) is 42.5 Å². The summed E-state index contributed by atoms with van der Waals surface area (Å²) in [7, 11) is 1.50. The number of benzene rings is 2. The molecule has 0 amide bonds. The molecule has 2 aromatic rings. The third-order valence-electron chi connectivity index (χ3n) is 2.67. The van der Waals surface area contributed by atoms with Crippen molar-refractivity contribution in [1.29, 1.82) is 0 Å². The zero-order valence-electron chi connectivity index (χ0n) is 10.7. The summed E-state index contributed by atoms with van der Waals surface area (Å²) < 4.78 is 11.7. The van der Waals surface area contributed by atoms with Crippen LogP contribution in [0.3, 0.4) is 0 Å². The van der Waals surface area contributed by atoms with Gasteiger partial charge in [-0.15, -0.1) is 0 Å². The van der Waals surface area contributed by atoms with Gasteiger partial charge in [-0.2, -0.15) is 0 Å². The number of hydrogen-bond acceptors (Lipinski definition) is 4. The molecule has 0 saturated carbocycles. The molecule has 6 heteroatoms. The van der Waals surface area contributed by atoms with Crippen molar-refractivity contribution in [3.8, 4) is 11.5 Å². The molecule has 0 N–H and O–H groups in total. The molecule has 0 bridgehead atoms. The number of halogens is 1. The molecule has 0 atom stereocenters. The minimum Gasteiger partial charge on any atom is -0.497 e. The van der Waals surface area contributed by atoms with Crippen LogP contribution in [0.1, 0.15) is 5.56 Å². The predicted octanol–water partition coefficient (Wildman–Crippen LogP) is 3.79. The standard InChI is InChI=1S/C14H12INO4/c1-19-12-6-7-13(16(17)18)14(8-12)20-9-10-2-4-11(15)5-3-10/h2-8H,9H2,1H3. The van der Waals surface area contributed by atoms with Crippen molar-refractivity contribution in [1.82, 2.24) is 0 Å². The van der Waals surface area contributed by atoms with Crippen LogP contribution >= 0.6 is 22.6 Å². The van der Waals surface area contributed by atoms with Gasteiger partial charge in [-0.1, -0.05) is 12.1 Å². The van der Waals surface area contributed by atoms with Gasteiger partial charge in [-0.3, -0.25) is 10.1 Å². The minimum atomic E-state index is -0.470. The van der Waals surface area contributed by atoms with Crippen molar-refractivity contribution in [2.45, 2.75) is 6.61 Å². The Labute approximate surface area is 129 Å². The Hall–Kier alpha value is -1.83. The highest BCUT2D eigenvalue weighted by Gasteiger charge is 2.16. The summed E-state index contributed by atoms with van der Waals surface area (Å²) in [4.78, 5) is 10.5. The summed E-state index contributed by atoms with van der Waals surface area (Å²) >= 11 is 2.21. The number of hydrogen-bond donors (Lipinski definition) is 0. The molecule has 0 spiro atoms. The van der Waals surface area contributed by atoms with Gasteiger partial charge < -0.3 is 9.47 Å². The van der Waals surface area contributed by atoms with E-state index in [0.29, 0.717) is 5.75 Å². The Morgan fingerprint density at radius 1 is 1.20 bits per heavy atom. The van der Waals surface area contributed by atoms with Gasteiger partial charge in [0, 0.05) is 15.7 Å². The van der Waals surface area contributed by atoms with Crippen molar-refractivity contribution < 1.29 is 14.4 Å². The molecule has 0 heterocycles. The maximum Gasteiger partial charge on any atom is 0.311 e. The van der Waals surface area contributed by atoms with E-state index in [-0.39, 0.29) is 18.0 Å². The van der Waals surface area contributed by atoms with Crippen LogP contribution in [-0.4, -0.2) is 12.0 Å². The second-order valence-electron chi connectivity index (χ2n) is 4.01. The molecule has 20 heavy (non-hydrogen) atoms. The number of methoxy groups -OCH3 is 1. The van der Waals surface area contributed by atoms with E-state index in [1.165, 1.54) is 25.3 Å². The average Bonchev–Trinajstić information content (AvgIpc) is 2.46. The molecule has 0 aliphatic rings. The first-order chi connectivity index (χ1) is 9.60. The first-order valence-electron chi connectivity index (χ1n) is 5.80. The summed E-state index contributed by atoms with van der Waals surface area (Å²) in [6, 6.07) is 12.2. The lowest BCUT2D eigenvalue weighted by atomic mass is 10.2. The van der Waals surface area contributed by atoms with Crippen molar-refractivity contribution in [3.05, 3.63) is 61.7 Å². The summed E-state index contributed by atoms with van der Waals surface area (Å²) in [5.74, 6) is 0.723. The van der Waals surface area contributed by atoms with E-state index in [1.807, 2.05) is 24.3 Å². The van der Waals surface area contributed by atoms with E-state index in [4.69, 9.17) is 9.47 Å². The van der Waals surface area contributed by atoms with Crippen molar-refractivity contribution >= 4 is 28.3 Å². The van der Waals surface area contributed by atoms with E-state index >= 15 is 0 Å². The van der Waals surface area contributed by atoms with Gasteiger partial charge in [0.1, 0.15) is 12.4 Å². The first kappa shape index (κ1) is 14.6. The predicted molar refractivity (Wildman–Crippen MR) is 83.1 cm³/mol. The summed E-state index contributed by atoms with van der Waals surface area (Å²) in [6.45, 7) is 0.269. The van der Waals surface area contributed by atoms with Gasteiger partial charge in [0.05, 0.1) is 12.0 Å². The molecule has 104 valence electrons. The van der Waals surface area contributed by atoms with Crippen LogP contribution in [0.2, 0.25) is 0 Å². The SMILES string of the molecule is COc1ccc([N+](=O)[O-])c(OCc2ccc(I)cc2)c1. The maximum absolute atomic E-state index is 11.0. The first-order valence-corrected chi connectivity index (χ1v) is 6.87. The van der Waals surface area contributed by atoms with Crippen molar-refractivity contribution in [3.63, 3.8) is 0 Å². The number of nitro benzene ring substituents is 1. The highest BCUT2D eigenvalue weighted by atomic mass is 127. The molecule has 2 aromatic carbocycles. The second kappa shape index (κ2) is 6.56. The molecule has 0 fully saturated rings. The topological polar surface area (TPSA) is 61.6 Å². The van der Waals surface area contributed by atoms with E-state index in [0.717, 1.165) is 9.13 Å². The van der Waals surface area contributed by atoms with E-state index in [2.05, 4.69) is 22.6 Å². The lowest BCUT2D eigenvalue weighted by Gasteiger charge is -2.08. The van der Waals surface area contributed by atoms with Gasteiger partial charge in [0.2, 0.25) is 5.75 Å². The zero-order chi connectivity index (χ0) is 14.5. The van der Waals surface area contributed by atoms with Crippen LogP contribution in [0.4, 0.5) is 5.69 Å². The Morgan fingerprint density at radius 2 is 1.90 bits per heavy atom. The van der Waals surface area contributed by atoms with Gasteiger partial charge in [-0.05, 0) is 46.4 Å². The summed E-state index contributed by atoms with van der Waals surface area (Å²) in [5, 5.41) is 11.0. The molecule has 0 saturated heterocycles. The van der Waals surface area contributed by atoms with Crippen LogP contribution in [0.25, 0.3) is 0 Å². The third-order valence-corrected chi connectivity index (χ3v) is 3.39. The minimum absolute atomic E-state index is 0.0729. The third kappa shape index (κ3) is 3.60. The number of nitrogens with zero attached hydrogens (tertiary/aromatic N) is 1. The highest BCUT2D eigenvalue weighted by Crippen LogP contribution is 2.31. The normalized spacial score (nSPS) is 10.1. The quantitative estimate of drug-likeness (QED) is 0.447. The molecule has 0 aliphatic carbocycles. The molecule has 0 aliphatic heterocycles. The average molecular weight is 385 g/mol. The number of rotatable bonds is 5. The highest BCUT2D eigenvalue weighted by molar-refractivity contribution is 14.1. The molecule has 0 unspecified atom stereocenters. The van der Waals surface area contributed by atoms with E-state index < -0.39 is 4.92 Å². The van der Waals surface area contributed by atoms with Crippen molar-refractivity contribution in [2.24, 2.45) is 0 Å². The van der Waals surface area contributed by atoms with Crippen molar-refractivity contribution in [2.75, 3.05) is 7.11 Å². The maximum atomic E-state index is 11.0. The Bertz CT molecular complexity index is 613. The zero-order valence-corrected chi connectivity index (χ0v) is 12.9. The largest absolute Gasteiger partial charge is 0.497 e. The molecular weight excluding hydrogens is 373 g/mol. The fraction of sp³-hybridized carbons (Fsp3) is 0.143. The number of nitro groups is 1. The van der Waals surface area contributed by atoms with E-state index in [1.54, 1.807) is 0 Å². The Balaban J connectivity index is 2.18. The van der Waals surface area contributed by atoms with Crippen LogP contribution < -0.4 is 9.47 Å². The van der Waals surface area contributed by atoms with Gasteiger partial charge >= 0.3 is 5.69 Å². The lowest BCUT2D eigenvalue weighted by molar-refractivity contribution is -0.386. The smallest absolute Gasteiger partial charge is 0.311 e. The van der Waals surface area contributed by atoms with E-state index in [9.17, 15) is 10.1 Å². The number of ether oxygens (including phenoxy) is 2. The summed E-state index contributed by atoms with van der Waals surface area (Å²) in [6.07, 6.45) is 0. The van der Waals surface area contributed by atoms with Gasteiger partial charge in [0.15, 0.2) is 0 Å².